The van der Waals surface area contributed by atoms with Crippen molar-refractivity contribution in [1.82, 2.24) is 14.7 Å². The summed E-state index contributed by atoms with van der Waals surface area (Å²) in [4.78, 5) is 14.1. The van der Waals surface area contributed by atoms with Crippen molar-refractivity contribution in [2.45, 2.75) is 32.4 Å². The van der Waals surface area contributed by atoms with Crippen LogP contribution in [0.15, 0.2) is 22.9 Å². The number of hydrogen-bond donors (Lipinski definition) is 0. The molecule has 25 heavy (non-hydrogen) atoms. The van der Waals surface area contributed by atoms with Crippen LogP contribution in [0.2, 0.25) is 0 Å². The predicted molar refractivity (Wildman–Crippen MR) is 91.3 cm³/mol. The highest BCUT2D eigenvalue weighted by atomic mass is 16.5. The van der Waals surface area contributed by atoms with Crippen LogP contribution < -0.4 is 0 Å². The van der Waals surface area contributed by atoms with E-state index in [1.54, 1.807) is 4.68 Å². The van der Waals surface area contributed by atoms with Gasteiger partial charge in [0.2, 0.25) is 5.76 Å². The van der Waals surface area contributed by atoms with Gasteiger partial charge in [-0.15, -0.1) is 0 Å². The molecule has 1 aliphatic heterocycles. The number of morpholine rings is 1. The number of hydrogen-bond acceptors (Lipinski definition) is 6. The zero-order valence-electron chi connectivity index (χ0n) is 15.4. The Bertz CT molecular complexity index is 766. The number of aryl methyl sites for hydroxylation is 2. The summed E-state index contributed by atoms with van der Waals surface area (Å²) in [5.41, 5.74) is 1.42. The van der Waals surface area contributed by atoms with Gasteiger partial charge >= 0.3 is 5.97 Å². The minimum Gasteiger partial charge on any atom is -0.463 e. The van der Waals surface area contributed by atoms with Crippen LogP contribution in [0.25, 0.3) is 0 Å². The highest BCUT2D eigenvalue weighted by molar-refractivity contribution is 5.87. The Morgan fingerprint density at radius 1 is 1.48 bits per heavy atom. The molecule has 0 bridgehead atoms. The Morgan fingerprint density at radius 2 is 2.24 bits per heavy atom. The Hall–Kier alpha value is -2.12. The minimum atomic E-state index is -0.446. The van der Waals surface area contributed by atoms with Crippen LogP contribution in [0.1, 0.15) is 47.3 Å². The van der Waals surface area contributed by atoms with Crippen molar-refractivity contribution < 1.29 is 18.7 Å². The van der Waals surface area contributed by atoms with E-state index in [0.29, 0.717) is 13.2 Å². The maximum Gasteiger partial charge on any atom is 0.374 e. The lowest BCUT2D eigenvalue weighted by atomic mass is 9.96. The lowest BCUT2D eigenvalue weighted by Gasteiger charge is -2.42. The molecule has 1 fully saturated rings. The molecule has 0 spiro atoms. The zero-order valence-corrected chi connectivity index (χ0v) is 15.4. The molecule has 2 atom stereocenters. The normalized spacial score (nSPS) is 22.8. The summed E-state index contributed by atoms with van der Waals surface area (Å²) < 4.78 is 18.4. The summed E-state index contributed by atoms with van der Waals surface area (Å²) in [6.45, 7) is 8.15. The van der Waals surface area contributed by atoms with Crippen LogP contribution in [-0.2, 0) is 22.1 Å². The first-order valence-corrected chi connectivity index (χ1v) is 8.40. The van der Waals surface area contributed by atoms with Crippen LogP contribution in [0, 0.1) is 6.92 Å². The van der Waals surface area contributed by atoms with Crippen LogP contribution in [0.4, 0.5) is 0 Å². The van der Waals surface area contributed by atoms with Gasteiger partial charge in [0.25, 0.3) is 0 Å². The summed E-state index contributed by atoms with van der Waals surface area (Å²) in [5.74, 6) is 0.582. The highest BCUT2D eigenvalue weighted by Crippen LogP contribution is 2.34. The maximum absolute atomic E-state index is 11.8. The van der Waals surface area contributed by atoms with Crippen molar-refractivity contribution in [2.75, 3.05) is 26.8 Å². The van der Waals surface area contributed by atoms with Crippen molar-refractivity contribution >= 4 is 5.97 Å². The van der Waals surface area contributed by atoms with Crippen LogP contribution in [-0.4, -0.2) is 47.5 Å². The number of rotatable bonds is 4. The second kappa shape index (κ2) is 6.65. The second-order valence-corrected chi connectivity index (χ2v) is 6.78. The third-order valence-corrected chi connectivity index (χ3v) is 4.89. The van der Waals surface area contributed by atoms with Crippen molar-refractivity contribution in [3.63, 3.8) is 0 Å². The van der Waals surface area contributed by atoms with Crippen LogP contribution >= 0.6 is 0 Å². The molecule has 3 rings (SSSR count). The maximum atomic E-state index is 11.8. The Morgan fingerprint density at radius 3 is 2.88 bits per heavy atom. The summed E-state index contributed by atoms with van der Waals surface area (Å²) in [6, 6.07) is 1.94. The molecular formula is C18H25N3O4. The van der Waals surface area contributed by atoms with Gasteiger partial charge < -0.3 is 13.9 Å². The molecule has 0 amide bonds. The van der Waals surface area contributed by atoms with Crippen molar-refractivity contribution in [3.05, 3.63) is 41.1 Å². The van der Waals surface area contributed by atoms with Gasteiger partial charge in [0.15, 0.2) is 0 Å². The van der Waals surface area contributed by atoms with E-state index in [1.807, 2.05) is 32.4 Å². The number of aromatic nitrogens is 2. The van der Waals surface area contributed by atoms with Crippen molar-refractivity contribution in [2.24, 2.45) is 7.05 Å². The first kappa shape index (κ1) is 17.7. The summed E-state index contributed by atoms with van der Waals surface area (Å²) >= 11 is 0. The first-order valence-electron chi connectivity index (χ1n) is 8.40. The lowest BCUT2D eigenvalue weighted by Crippen LogP contribution is -2.48. The van der Waals surface area contributed by atoms with Gasteiger partial charge in [0, 0.05) is 37.5 Å². The van der Waals surface area contributed by atoms with E-state index in [4.69, 9.17) is 13.9 Å². The van der Waals surface area contributed by atoms with Crippen LogP contribution in [0.5, 0.6) is 0 Å². The standard InChI is InChI=1S/C18H25N3O4/c1-12-8-15(25-16(12)17(22)23-5)13(2)21-6-7-24-18(3,11-21)14-9-19-20(4)10-14/h8-10,13H,6-7,11H2,1-5H3/t13-,18+/m0/s1. The van der Waals surface area contributed by atoms with Gasteiger partial charge in [-0.25, -0.2) is 4.79 Å². The third kappa shape index (κ3) is 3.34. The van der Waals surface area contributed by atoms with Gasteiger partial charge in [-0.1, -0.05) is 0 Å². The highest BCUT2D eigenvalue weighted by Gasteiger charge is 2.37. The van der Waals surface area contributed by atoms with E-state index in [-0.39, 0.29) is 11.8 Å². The number of carbonyl (C=O) groups excluding carboxylic acids is 1. The van der Waals surface area contributed by atoms with Gasteiger partial charge in [0.1, 0.15) is 11.4 Å². The largest absolute Gasteiger partial charge is 0.463 e. The molecule has 0 aromatic carbocycles. The Balaban J connectivity index is 1.80. The number of ether oxygens (including phenoxy) is 2. The molecule has 0 unspecified atom stereocenters. The van der Waals surface area contributed by atoms with Gasteiger partial charge in [-0.05, 0) is 26.8 Å². The van der Waals surface area contributed by atoms with E-state index in [2.05, 4.69) is 23.8 Å². The van der Waals surface area contributed by atoms with Gasteiger partial charge in [-0.2, -0.15) is 5.10 Å². The van der Waals surface area contributed by atoms with Gasteiger partial charge in [-0.3, -0.25) is 9.58 Å². The van der Waals surface area contributed by atoms with E-state index in [0.717, 1.165) is 23.4 Å². The van der Waals surface area contributed by atoms with Gasteiger partial charge in [0.05, 0.1) is 26.0 Å². The Labute approximate surface area is 147 Å². The SMILES string of the molecule is COC(=O)c1oc([C@H](C)N2CCO[C@@](C)(c3cnn(C)c3)C2)cc1C. The number of nitrogens with zero attached hydrogens (tertiary/aromatic N) is 3. The molecule has 7 nitrogen and oxygen atoms in total. The number of esters is 1. The minimum absolute atomic E-state index is 0.0250. The number of methoxy groups -OCH3 is 1. The molecule has 0 aliphatic carbocycles. The summed E-state index contributed by atoms with van der Waals surface area (Å²) in [5, 5.41) is 4.26. The van der Waals surface area contributed by atoms with E-state index in [1.165, 1.54) is 7.11 Å². The quantitative estimate of drug-likeness (QED) is 0.791. The first-order chi connectivity index (χ1) is 11.8. The fraction of sp³-hybridized carbons (Fsp3) is 0.556. The zero-order chi connectivity index (χ0) is 18.2. The topological polar surface area (TPSA) is 69.7 Å². The molecule has 3 heterocycles. The monoisotopic (exact) mass is 347 g/mol. The second-order valence-electron chi connectivity index (χ2n) is 6.78. The molecule has 7 heteroatoms. The molecule has 0 saturated carbocycles. The molecule has 1 saturated heterocycles. The molecule has 1 aliphatic rings. The summed E-state index contributed by atoms with van der Waals surface area (Å²) in [7, 11) is 3.25. The molecule has 2 aromatic heterocycles. The van der Waals surface area contributed by atoms with E-state index >= 15 is 0 Å². The number of furan rings is 1. The van der Waals surface area contributed by atoms with Crippen molar-refractivity contribution in [1.29, 1.82) is 0 Å². The molecule has 136 valence electrons. The molecule has 0 radical (unpaired) electrons. The smallest absolute Gasteiger partial charge is 0.374 e. The van der Waals surface area contributed by atoms with E-state index < -0.39 is 11.6 Å². The Kier molecular flexibility index (Phi) is 4.71. The molecule has 2 aromatic rings. The average Bonchev–Trinajstić information content (AvgIpc) is 3.20. The fourth-order valence-corrected chi connectivity index (χ4v) is 3.29. The van der Waals surface area contributed by atoms with Crippen molar-refractivity contribution in [3.8, 4) is 0 Å². The average molecular weight is 347 g/mol. The predicted octanol–water partition coefficient (Wildman–Crippen LogP) is 2.42. The van der Waals surface area contributed by atoms with E-state index in [9.17, 15) is 4.79 Å². The van der Waals surface area contributed by atoms with Crippen LogP contribution in [0.3, 0.4) is 0 Å². The molecule has 0 N–H and O–H groups in total. The lowest BCUT2D eigenvalue weighted by molar-refractivity contribution is -0.114. The third-order valence-electron chi connectivity index (χ3n) is 4.89. The fourth-order valence-electron chi connectivity index (χ4n) is 3.29. The number of carbonyl (C=O) groups is 1. The summed E-state index contributed by atoms with van der Waals surface area (Å²) in [6.07, 6.45) is 3.83. The molecular weight excluding hydrogens is 322 g/mol.